The molecule has 1 unspecified atom stereocenters. The molecule has 0 spiro atoms. The van der Waals surface area contributed by atoms with Crippen molar-refractivity contribution in [2.45, 2.75) is 39.3 Å². The van der Waals surface area contributed by atoms with Gasteiger partial charge in [-0.05, 0) is 12.8 Å². The first-order chi connectivity index (χ1) is 9.56. The van der Waals surface area contributed by atoms with Crippen LogP contribution in [0.4, 0.5) is 5.95 Å². The van der Waals surface area contributed by atoms with E-state index in [-0.39, 0.29) is 11.8 Å². The number of carbonyl (C=O) groups is 1. The number of amides is 1. The summed E-state index contributed by atoms with van der Waals surface area (Å²) in [5, 5.41) is 3.33. The lowest BCUT2D eigenvalue weighted by Gasteiger charge is -2.31. The zero-order chi connectivity index (χ0) is 14.5. The Balaban J connectivity index is 1.97. The van der Waals surface area contributed by atoms with Gasteiger partial charge in [0.15, 0.2) is 0 Å². The Bertz CT molecular complexity index is 445. The van der Waals surface area contributed by atoms with Crippen molar-refractivity contribution in [1.82, 2.24) is 15.3 Å². The average molecular weight is 277 g/mol. The van der Waals surface area contributed by atoms with Crippen molar-refractivity contribution < 1.29 is 4.79 Å². The molecule has 0 aromatic carbocycles. The summed E-state index contributed by atoms with van der Waals surface area (Å²) in [5.41, 5.74) is 6.45. The third-order valence-corrected chi connectivity index (χ3v) is 3.51. The first-order valence-electron chi connectivity index (χ1n) is 7.15. The van der Waals surface area contributed by atoms with Gasteiger partial charge in [0.05, 0.1) is 5.92 Å². The number of piperidine rings is 1. The number of primary amides is 1. The first kappa shape index (κ1) is 14.7. The Morgan fingerprint density at radius 2 is 2.20 bits per heavy atom. The monoisotopic (exact) mass is 277 g/mol. The third-order valence-electron chi connectivity index (χ3n) is 3.51. The molecule has 110 valence electrons. The SMILES string of the molecule is CC(C)NCc1cnc(N2CCCC(C(N)=O)C2)nc1. The van der Waals surface area contributed by atoms with E-state index in [1.807, 2.05) is 17.3 Å². The zero-order valence-electron chi connectivity index (χ0n) is 12.2. The van der Waals surface area contributed by atoms with E-state index in [1.165, 1.54) is 0 Å². The summed E-state index contributed by atoms with van der Waals surface area (Å²) in [7, 11) is 0. The molecule has 1 fully saturated rings. The van der Waals surface area contributed by atoms with Gasteiger partial charge in [0, 0.05) is 43.6 Å². The molecule has 1 aromatic rings. The molecule has 6 nitrogen and oxygen atoms in total. The van der Waals surface area contributed by atoms with Crippen LogP contribution in [0.3, 0.4) is 0 Å². The van der Waals surface area contributed by atoms with Crippen molar-refractivity contribution in [2.75, 3.05) is 18.0 Å². The number of hydrogen-bond acceptors (Lipinski definition) is 5. The molecule has 1 amide bonds. The maximum Gasteiger partial charge on any atom is 0.225 e. The molecule has 0 aliphatic carbocycles. The topological polar surface area (TPSA) is 84.1 Å². The second-order valence-corrected chi connectivity index (χ2v) is 5.61. The second-order valence-electron chi connectivity index (χ2n) is 5.61. The second kappa shape index (κ2) is 6.65. The van der Waals surface area contributed by atoms with Gasteiger partial charge in [-0.3, -0.25) is 4.79 Å². The van der Waals surface area contributed by atoms with Crippen molar-refractivity contribution in [3.05, 3.63) is 18.0 Å². The number of rotatable bonds is 5. The first-order valence-corrected chi connectivity index (χ1v) is 7.15. The van der Waals surface area contributed by atoms with Crippen molar-refractivity contribution in [1.29, 1.82) is 0 Å². The average Bonchev–Trinajstić information content (AvgIpc) is 2.46. The summed E-state index contributed by atoms with van der Waals surface area (Å²) in [4.78, 5) is 22.1. The van der Waals surface area contributed by atoms with E-state index in [9.17, 15) is 4.79 Å². The van der Waals surface area contributed by atoms with Gasteiger partial charge in [0.1, 0.15) is 0 Å². The maximum absolute atomic E-state index is 11.3. The standard InChI is InChI=1S/C14H23N5O/c1-10(2)16-6-11-7-17-14(18-8-11)19-5-3-4-12(9-19)13(15)20/h7-8,10,12,16H,3-6,9H2,1-2H3,(H2,15,20). The van der Waals surface area contributed by atoms with Crippen LogP contribution in [0.1, 0.15) is 32.3 Å². The van der Waals surface area contributed by atoms with Gasteiger partial charge in [0.2, 0.25) is 11.9 Å². The van der Waals surface area contributed by atoms with E-state index in [1.54, 1.807) is 0 Å². The van der Waals surface area contributed by atoms with E-state index in [4.69, 9.17) is 5.73 Å². The van der Waals surface area contributed by atoms with E-state index in [2.05, 4.69) is 29.1 Å². The summed E-state index contributed by atoms with van der Waals surface area (Å²) >= 11 is 0. The number of nitrogens with two attached hydrogens (primary N) is 1. The Morgan fingerprint density at radius 3 is 2.80 bits per heavy atom. The Morgan fingerprint density at radius 1 is 1.50 bits per heavy atom. The van der Waals surface area contributed by atoms with E-state index < -0.39 is 0 Å². The highest BCUT2D eigenvalue weighted by molar-refractivity contribution is 5.77. The van der Waals surface area contributed by atoms with Gasteiger partial charge in [-0.15, -0.1) is 0 Å². The third kappa shape index (κ3) is 3.90. The number of aromatic nitrogens is 2. The highest BCUT2D eigenvalue weighted by Crippen LogP contribution is 2.19. The minimum Gasteiger partial charge on any atom is -0.369 e. The Labute approximate surface area is 119 Å². The molecule has 1 aromatic heterocycles. The fourth-order valence-corrected chi connectivity index (χ4v) is 2.32. The minimum absolute atomic E-state index is 0.0883. The summed E-state index contributed by atoms with van der Waals surface area (Å²) in [6.45, 7) is 6.48. The van der Waals surface area contributed by atoms with Crippen LogP contribution >= 0.6 is 0 Å². The van der Waals surface area contributed by atoms with Crippen molar-refractivity contribution in [3.63, 3.8) is 0 Å². The molecule has 6 heteroatoms. The molecular formula is C14H23N5O. The molecule has 1 atom stereocenters. The van der Waals surface area contributed by atoms with Crippen LogP contribution in [0, 0.1) is 5.92 Å². The molecule has 1 aliphatic rings. The van der Waals surface area contributed by atoms with Gasteiger partial charge in [-0.1, -0.05) is 13.8 Å². The molecule has 0 saturated carbocycles. The van der Waals surface area contributed by atoms with Gasteiger partial charge >= 0.3 is 0 Å². The van der Waals surface area contributed by atoms with Crippen molar-refractivity contribution in [3.8, 4) is 0 Å². The van der Waals surface area contributed by atoms with Crippen LogP contribution in [0.5, 0.6) is 0 Å². The highest BCUT2D eigenvalue weighted by Gasteiger charge is 2.25. The molecule has 0 bridgehead atoms. The molecular weight excluding hydrogens is 254 g/mol. The lowest BCUT2D eigenvalue weighted by molar-refractivity contribution is -0.122. The normalized spacial score (nSPS) is 19.4. The highest BCUT2D eigenvalue weighted by atomic mass is 16.1. The number of nitrogens with one attached hydrogen (secondary N) is 1. The number of hydrogen-bond donors (Lipinski definition) is 2. The largest absolute Gasteiger partial charge is 0.369 e. The Kier molecular flexibility index (Phi) is 4.89. The van der Waals surface area contributed by atoms with Crippen LogP contribution in [0.2, 0.25) is 0 Å². The van der Waals surface area contributed by atoms with E-state index in [0.717, 1.165) is 31.5 Å². The van der Waals surface area contributed by atoms with Crippen molar-refractivity contribution in [2.24, 2.45) is 11.7 Å². The minimum atomic E-state index is -0.229. The predicted molar refractivity (Wildman–Crippen MR) is 78.1 cm³/mol. The smallest absolute Gasteiger partial charge is 0.225 e. The summed E-state index contributed by atoms with van der Waals surface area (Å²) in [6.07, 6.45) is 5.49. The molecule has 2 heterocycles. The number of anilines is 1. The van der Waals surface area contributed by atoms with Gasteiger partial charge < -0.3 is 16.0 Å². The van der Waals surface area contributed by atoms with Gasteiger partial charge in [0.25, 0.3) is 0 Å². The lowest BCUT2D eigenvalue weighted by Crippen LogP contribution is -2.41. The van der Waals surface area contributed by atoms with Crippen LogP contribution < -0.4 is 16.0 Å². The fourth-order valence-electron chi connectivity index (χ4n) is 2.32. The summed E-state index contributed by atoms with van der Waals surface area (Å²) in [6, 6.07) is 0.438. The number of nitrogens with zero attached hydrogens (tertiary/aromatic N) is 3. The van der Waals surface area contributed by atoms with Gasteiger partial charge in [-0.2, -0.15) is 0 Å². The maximum atomic E-state index is 11.3. The fraction of sp³-hybridized carbons (Fsp3) is 0.643. The molecule has 0 radical (unpaired) electrons. The Hall–Kier alpha value is -1.69. The number of carbonyl (C=O) groups excluding carboxylic acids is 1. The quantitative estimate of drug-likeness (QED) is 0.826. The van der Waals surface area contributed by atoms with Crippen LogP contribution in [0.15, 0.2) is 12.4 Å². The van der Waals surface area contributed by atoms with E-state index >= 15 is 0 Å². The molecule has 1 saturated heterocycles. The summed E-state index contributed by atoms with van der Waals surface area (Å²) in [5.74, 6) is 0.367. The lowest BCUT2D eigenvalue weighted by atomic mass is 9.98. The molecule has 20 heavy (non-hydrogen) atoms. The van der Waals surface area contributed by atoms with Crippen LogP contribution in [0.25, 0.3) is 0 Å². The molecule has 1 aliphatic heterocycles. The molecule has 3 N–H and O–H groups in total. The predicted octanol–water partition coefficient (Wildman–Crippen LogP) is 0.676. The summed E-state index contributed by atoms with van der Waals surface area (Å²) < 4.78 is 0. The zero-order valence-corrected chi connectivity index (χ0v) is 12.2. The molecule has 2 rings (SSSR count). The van der Waals surface area contributed by atoms with Crippen molar-refractivity contribution >= 4 is 11.9 Å². The van der Waals surface area contributed by atoms with E-state index in [0.29, 0.717) is 18.5 Å². The van der Waals surface area contributed by atoms with Crippen LogP contribution in [-0.4, -0.2) is 35.0 Å². The van der Waals surface area contributed by atoms with Crippen LogP contribution in [-0.2, 0) is 11.3 Å². The van der Waals surface area contributed by atoms with Gasteiger partial charge in [-0.25, -0.2) is 9.97 Å².